The fourth-order valence-corrected chi connectivity index (χ4v) is 3.66. The van der Waals surface area contributed by atoms with E-state index in [9.17, 15) is 13.2 Å². The van der Waals surface area contributed by atoms with Crippen molar-refractivity contribution in [3.63, 3.8) is 0 Å². The number of sulfone groups is 1. The van der Waals surface area contributed by atoms with Crippen molar-refractivity contribution in [2.24, 2.45) is 0 Å². The largest absolute Gasteiger partial charge is 0.368 e. The van der Waals surface area contributed by atoms with Crippen LogP contribution in [-0.4, -0.2) is 44.6 Å². The van der Waals surface area contributed by atoms with Crippen molar-refractivity contribution in [2.45, 2.75) is 31.4 Å². The Morgan fingerprint density at radius 2 is 2.13 bits per heavy atom. The molecule has 2 heterocycles. The van der Waals surface area contributed by atoms with Gasteiger partial charge in [0.1, 0.15) is 6.10 Å². The van der Waals surface area contributed by atoms with Gasteiger partial charge >= 0.3 is 0 Å². The molecule has 2 atom stereocenters. The molecule has 0 aromatic rings. The lowest BCUT2D eigenvalue weighted by atomic mass is 10.2. The number of hydrogen-bond donors (Lipinski definition) is 1. The van der Waals surface area contributed by atoms with Crippen LogP contribution in [0.3, 0.4) is 0 Å². The van der Waals surface area contributed by atoms with Crippen LogP contribution in [0.5, 0.6) is 0 Å². The van der Waals surface area contributed by atoms with Gasteiger partial charge in [0.2, 0.25) is 5.91 Å². The van der Waals surface area contributed by atoms with Crippen LogP contribution in [0.25, 0.3) is 0 Å². The van der Waals surface area contributed by atoms with Gasteiger partial charge in [-0.1, -0.05) is 0 Å². The molecule has 1 N–H and O–H groups in total. The standard InChI is InChI=1S/C9H15NO4S/c11-9(8-2-1-4-14-8)10-7-3-5-15(12,13)6-7/h7-8H,1-6H2,(H,10,11)/t7-,8+/m1/s1. The molecule has 0 aromatic carbocycles. The zero-order valence-electron chi connectivity index (χ0n) is 8.44. The second kappa shape index (κ2) is 4.09. The quantitative estimate of drug-likeness (QED) is 0.696. The molecule has 0 bridgehead atoms. The Labute approximate surface area is 89.1 Å². The molecule has 0 spiro atoms. The molecule has 2 rings (SSSR count). The Morgan fingerprint density at radius 3 is 2.67 bits per heavy atom. The van der Waals surface area contributed by atoms with E-state index in [1.807, 2.05) is 0 Å². The Balaban J connectivity index is 1.85. The topological polar surface area (TPSA) is 72.5 Å². The lowest BCUT2D eigenvalue weighted by Gasteiger charge is -2.14. The van der Waals surface area contributed by atoms with Crippen LogP contribution in [0, 0.1) is 0 Å². The highest BCUT2D eigenvalue weighted by Crippen LogP contribution is 2.15. The minimum atomic E-state index is -2.92. The van der Waals surface area contributed by atoms with E-state index in [1.165, 1.54) is 0 Å². The van der Waals surface area contributed by atoms with Gasteiger partial charge in [-0.15, -0.1) is 0 Å². The van der Waals surface area contributed by atoms with Gasteiger partial charge < -0.3 is 10.1 Å². The number of ether oxygens (including phenoxy) is 1. The summed E-state index contributed by atoms with van der Waals surface area (Å²) >= 11 is 0. The molecule has 5 nitrogen and oxygen atoms in total. The predicted octanol–water partition coefficient (Wildman–Crippen LogP) is -0.531. The molecule has 2 saturated heterocycles. The molecule has 0 saturated carbocycles. The van der Waals surface area contributed by atoms with E-state index in [1.54, 1.807) is 0 Å². The SMILES string of the molecule is O=C(N[C@@H]1CCS(=O)(=O)C1)[C@@H]1CCCO1. The van der Waals surface area contributed by atoms with E-state index >= 15 is 0 Å². The van der Waals surface area contributed by atoms with Crippen molar-refractivity contribution < 1.29 is 17.9 Å². The van der Waals surface area contributed by atoms with E-state index < -0.39 is 9.84 Å². The lowest BCUT2D eigenvalue weighted by molar-refractivity contribution is -0.130. The Kier molecular flexibility index (Phi) is 2.97. The third-order valence-corrected chi connectivity index (χ3v) is 4.57. The summed E-state index contributed by atoms with van der Waals surface area (Å²) in [5.74, 6) is 0.101. The first kappa shape index (κ1) is 10.9. The Bertz CT molecular complexity index is 345. The summed E-state index contributed by atoms with van der Waals surface area (Å²) in [5, 5.41) is 2.73. The minimum Gasteiger partial charge on any atom is -0.368 e. The number of hydrogen-bond acceptors (Lipinski definition) is 4. The van der Waals surface area contributed by atoms with Gasteiger partial charge in [0, 0.05) is 12.6 Å². The average molecular weight is 233 g/mol. The van der Waals surface area contributed by atoms with Crippen LogP contribution < -0.4 is 5.32 Å². The molecule has 1 amide bonds. The van der Waals surface area contributed by atoms with Crippen LogP contribution in [0.2, 0.25) is 0 Å². The van der Waals surface area contributed by atoms with Gasteiger partial charge in [-0.2, -0.15) is 0 Å². The molecule has 86 valence electrons. The van der Waals surface area contributed by atoms with E-state index in [0.717, 1.165) is 12.8 Å². The summed E-state index contributed by atoms with van der Waals surface area (Å²) in [6.07, 6.45) is 1.81. The number of amides is 1. The van der Waals surface area contributed by atoms with Crippen molar-refractivity contribution in [3.05, 3.63) is 0 Å². The fourth-order valence-electron chi connectivity index (χ4n) is 1.99. The molecule has 0 radical (unpaired) electrons. The molecule has 0 aromatic heterocycles. The predicted molar refractivity (Wildman–Crippen MR) is 54.2 cm³/mol. The smallest absolute Gasteiger partial charge is 0.249 e. The molecular weight excluding hydrogens is 218 g/mol. The van der Waals surface area contributed by atoms with Gasteiger partial charge in [-0.25, -0.2) is 8.42 Å². The lowest BCUT2D eigenvalue weighted by Crippen LogP contribution is -2.41. The average Bonchev–Trinajstić information content (AvgIpc) is 2.74. The maximum atomic E-state index is 11.6. The summed E-state index contributed by atoms with van der Waals surface area (Å²) < 4.78 is 27.5. The van der Waals surface area contributed by atoms with Crippen molar-refractivity contribution >= 4 is 15.7 Å². The number of rotatable bonds is 2. The molecule has 0 unspecified atom stereocenters. The van der Waals surface area contributed by atoms with Crippen molar-refractivity contribution in [3.8, 4) is 0 Å². The molecule has 2 aliphatic rings. The summed E-state index contributed by atoms with van der Waals surface area (Å²) in [5.41, 5.74) is 0. The van der Waals surface area contributed by atoms with Gasteiger partial charge in [0.15, 0.2) is 9.84 Å². The normalized spacial score (nSPS) is 34.1. The van der Waals surface area contributed by atoms with Crippen molar-refractivity contribution in [2.75, 3.05) is 18.1 Å². The summed E-state index contributed by atoms with van der Waals surface area (Å²) in [4.78, 5) is 11.6. The first-order valence-electron chi connectivity index (χ1n) is 5.19. The highest BCUT2D eigenvalue weighted by molar-refractivity contribution is 7.91. The Morgan fingerprint density at radius 1 is 1.33 bits per heavy atom. The first-order valence-corrected chi connectivity index (χ1v) is 7.01. The van der Waals surface area contributed by atoms with Gasteiger partial charge in [0.05, 0.1) is 11.5 Å². The number of nitrogens with one attached hydrogen (secondary N) is 1. The van der Waals surface area contributed by atoms with Crippen LogP contribution in [-0.2, 0) is 19.4 Å². The van der Waals surface area contributed by atoms with E-state index in [2.05, 4.69) is 5.32 Å². The maximum absolute atomic E-state index is 11.6. The maximum Gasteiger partial charge on any atom is 0.249 e. The summed E-state index contributed by atoms with van der Waals surface area (Å²) in [7, 11) is -2.92. The van der Waals surface area contributed by atoms with E-state index in [4.69, 9.17) is 4.74 Å². The van der Waals surface area contributed by atoms with Gasteiger partial charge in [0.25, 0.3) is 0 Å². The minimum absolute atomic E-state index is 0.0749. The second-order valence-corrected chi connectivity index (χ2v) is 6.34. The van der Waals surface area contributed by atoms with E-state index in [-0.39, 0.29) is 29.6 Å². The number of carbonyl (C=O) groups excluding carboxylic acids is 1. The molecule has 15 heavy (non-hydrogen) atoms. The number of carbonyl (C=O) groups is 1. The van der Waals surface area contributed by atoms with Crippen molar-refractivity contribution in [1.29, 1.82) is 0 Å². The Hall–Kier alpha value is -0.620. The third kappa shape index (κ3) is 2.69. The third-order valence-electron chi connectivity index (χ3n) is 2.80. The van der Waals surface area contributed by atoms with Crippen molar-refractivity contribution in [1.82, 2.24) is 5.32 Å². The van der Waals surface area contributed by atoms with Crippen LogP contribution in [0.1, 0.15) is 19.3 Å². The second-order valence-electron chi connectivity index (χ2n) is 4.11. The molecule has 2 aliphatic heterocycles. The molecule has 6 heteroatoms. The fraction of sp³-hybridized carbons (Fsp3) is 0.889. The highest BCUT2D eigenvalue weighted by Gasteiger charge is 2.31. The molecule has 2 fully saturated rings. The van der Waals surface area contributed by atoms with Crippen LogP contribution in [0.4, 0.5) is 0 Å². The van der Waals surface area contributed by atoms with Gasteiger partial charge in [-0.3, -0.25) is 4.79 Å². The highest BCUT2D eigenvalue weighted by atomic mass is 32.2. The summed E-state index contributed by atoms with van der Waals surface area (Å²) in [6.45, 7) is 0.626. The summed E-state index contributed by atoms with van der Waals surface area (Å²) in [6, 6.07) is -0.216. The zero-order chi connectivity index (χ0) is 10.9. The van der Waals surface area contributed by atoms with Crippen LogP contribution >= 0.6 is 0 Å². The van der Waals surface area contributed by atoms with E-state index in [0.29, 0.717) is 13.0 Å². The van der Waals surface area contributed by atoms with Crippen LogP contribution in [0.15, 0.2) is 0 Å². The molecule has 0 aliphatic carbocycles. The molecular formula is C9H15NO4S. The van der Waals surface area contributed by atoms with Gasteiger partial charge in [-0.05, 0) is 19.3 Å². The first-order chi connectivity index (χ1) is 7.07. The monoisotopic (exact) mass is 233 g/mol. The zero-order valence-corrected chi connectivity index (χ0v) is 9.26.